The van der Waals surface area contributed by atoms with E-state index in [9.17, 15) is 22.8 Å². The number of benzene rings is 1. The number of halogens is 3. The van der Waals surface area contributed by atoms with Crippen LogP contribution in [0.5, 0.6) is 5.75 Å². The second-order valence-corrected chi connectivity index (χ2v) is 7.65. The first-order valence-electron chi connectivity index (χ1n) is 9.34. The van der Waals surface area contributed by atoms with Crippen molar-refractivity contribution in [2.45, 2.75) is 57.7 Å². The highest BCUT2D eigenvalue weighted by atomic mass is 19.4. The van der Waals surface area contributed by atoms with Crippen LogP contribution in [-0.2, 0) is 9.59 Å². The molecule has 9 heteroatoms. The molecular weight excluding hydrogens is 375 g/mol. The lowest BCUT2D eigenvalue weighted by atomic mass is 9.95. The molecule has 2 fully saturated rings. The van der Waals surface area contributed by atoms with Gasteiger partial charge >= 0.3 is 6.36 Å². The van der Waals surface area contributed by atoms with Crippen molar-refractivity contribution < 1.29 is 27.5 Å². The summed E-state index contributed by atoms with van der Waals surface area (Å²) in [4.78, 5) is 24.7. The summed E-state index contributed by atoms with van der Waals surface area (Å²) < 4.78 is 40.8. The minimum absolute atomic E-state index is 0.00465. The normalized spacial score (nSPS) is 23.9. The maximum atomic E-state index is 12.7. The quantitative estimate of drug-likeness (QED) is 0.687. The Morgan fingerprint density at radius 2 is 1.86 bits per heavy atom. The van der Waals surface area contributed by atoms with Crippen LogP contribution in [0.15, 0.2) is 24.3 Å². The summed E-state index contributed by atoms with van der Waals surface area (Å²) in [5.41, 5.74) is 0.664. The maximum Gasteiger partial charge on any atom is 0.573 e. The second-order valence-electron chi connectivity index (χ2n) is 7.65. The van der Waals surface area contributed by atoms with Gasteiger partial charge in [-0.2, -0.15) is 0 Å². The smallest absolute Gasteiger partial charge is 0.406 e. The summed E-state index contributed by atoms with van der Waals surface area (Å²) in [6.07, 6.45) is -2.84. The molecule has 2 aliphatic rings. The molecule has 1 aliphatic heterocycles. The van der Waals surface area contributed by atoms with E-state index >= 15 is 0 Å². The minimum atomic E-state index is -4.75. The van der Waals surface area contributed by atoms with Gasteiger partial charge in [-0.1, -0.05) is 26.0 Å². The van der Waals surface area contributed by atoms with Crippen molar-refractivity contribution in [2.75, 3.05) is 0 Å². The van der Waals surface area contributed by atoms with Gasteiger partial charge in [0.05, 0.1) is 24.7 Å². The molecule has 3 rings (SSSR count). The van der Waals surface area contributed by atoms with Gasteiger partial charge in [-0.15, -0.1) is 13.2 Å². The monoisotopic (exact) mass is 399 g/mol. The molecule has 28 heavy (non-hydrogen) atoms. The molecule has 2 unspecified atom stereocenters. The molecule has 1 aromatic rings. The van der Waals surface area contributed by atoms with E-state index < -0.39 is 18.4 Å². The van der Waals surface area contributed by atoms with Crippen molar-refractivity contribution in [3.8, 4) is 5.75 Å². The van der Waals surface area contributed by atoms with Crippen LogP contribution in [0, 0.1) is 11.8 Å². The van der Waals surface area contributed by atoms with E-state index in [0.717, 1.165) is 12.8 Å². The van der Waals surface area contributed by atoms with Gasteiger partial charge in [0.2, 0.25) is 11.8 Å². The Hall–Kier alpha value is -2.29. The largest absolute Gasteiger partial charge is 0.573 e. The standard InChI is InChI=1S/C19H24F3N3O3/c1-10(2)16(11-5-7-13(8-6-11)28-19(20,21)22)25-18(27)14-9-15(26)24-17(23-14)12-3-4-12/h5-8,10,12,14,16-17,23H,3-4,9H2,1-2H3,(H,24,26)(H,25,27)/t14?,16-,17?/m1/s1. The molecule has 1 saturated heterocycles. The first-order valence-corrected chi connectivity index (χ1v) is 9.34. The lowest BCUT2D eigenvalue weighted by Gasteiger charge is -2.33. The van der Waals surface area contributed by atoms with Crippen LogP contribution in [0.25, 0.3) is 0 Å². The molecule has 3 N–H and O–H groups in total. The van der Waals surface area contributed by atoms with Crippen molar-refractivity contribution in [3.63, 3.8) is 0 Å². The fourth-order valence-electron chi connectivity index (χ4n) is 3.35. The first kappa shape index (κ1) is 20.4. The average Bonchev–Trinajstić information content (AvgIpc) is 3.43. The molecule has 1 heterocycles. The van der Waals surface area contributed by atoms with E-state index in [2.05, 4.69) is 20.7 Å². The Kier molecular flexibility index (Phi) is 5.83. The van der Waals surface area contributed by atoms with E-state index in [0.29, 0.717) is 11.5 Å². The number of ether oxygens (including phenoxy) is 1. The van der Waals surface area contributed by atoms with Crippen molar-refractivity contribution >= 4 is 11.8 Å². The molecule has 1 aliphatic carbocycles. The number of hydrogen-bond acceptors (Lipinski definition) is 4. The number of nitrogens with one attached hydrogen (secondary N) is 3. The predicted octanol–water partition coefficient (Wildman–Crippen LogP) is 2.61. The zero-order valence-corrected chi connectivity index (χ0v) is 15.7. The van der Waals surface area contributed by atoms with Crippen LogP contribution in [0.4, 0.5) is 13.2 Å². The van der Waals surface area contributed by atoms with Gasteiger partial charge in [-0.05, 0) is 42.4 Å². The van der Waals surface area contributed by atoms with Crippen molar-refractivity contribution in [1.82, 2.24) is 16.0 Å². The SMILES string of the molecule is CC(C)[C@@H](NC(=O)C1CC(=O)NC(C2CC2)N1)c1ccc(OC(F)(F)F)cc1. The highest BCUT2D eigenvalue weighted by Crippen LogP contribution is 2.33. The van der Waals surface area contributed by atoms with Crippen molar-refractivity contribution in [3.05, 3.63) is 29.8 Å². The topological polar surface area (TPSA) is 79.5 Å². The summed E-state index contributed by atoms with van der Waals surface area (Å²) in [6, 6.07) is 4.41. The Labute approximate surface area is 161 Å². The van der Waals surface area contributed by atoms with Crippen LogP contribution in [0.2, 0.25) is 0 Å². The third kappa shape index (κ3) is 5.37. The number of amides is 2. The van der Waals surface area contributed by atoms with E-state index in [1.807, 2.05) is 13.8 Å². The molecule has 1 saturated carbocycles. The summed E-state index contributed by atoms with van der Waals surface area (Å²) in [6.45, 7) is 3.80. The molecule has 0 radical (unpaired) electrons. The van der Waals surface area contributed by atoms with Crippen LogP contribution in [0.3, 0.4) is 0 Å². The van der Waals surface area contributed by atoms with Crippen LogP contribution >= 0.6 is 0 Å². The number of carbonyl (C=O) groups excluding carboxylic acids is 2. The van der Waals surface area contributed by atoms with E-state index in [1.54, 1.807) is 0 Å². The third-order valence-corrected chi connectivity index (χ3v) is 4.93. The molecule has 2 amide bonds. The van der Waals surface area contributed by atoms with Gasteiger partial charge in [-0.25, -0.2) is 0 Å². The zero-order valence-electron chi connectivity index (χ0n) is 15.7. The Bertz CT molecular complexity index is 717. The van der Waals surface area contributed by atoms with Crippen molar-refractivity contribution in [1.29, 1.82) is 0 Å². The highest BCUT2D eigenvalue weighted by Gasteiger charge is 2.39. The fraction of sp³-hybridized carbons (Fsp3) is 0.579. The third-order valence-electron chi connectivity index (χ3n) is 4.93. The fourth-order valence-corrected chi connectivity index (χ4v) is 3.35. The molecule has 0 aromatic heterocycles. The molecule has 0 bridgehead atoms. The van der Waals surface area contributed by atoms with Gasteiger partial charge in [-0.3, -0.25) is 14.9 Å². The van der Waals surface area contributed by atoms with Crippen LogP contribution in [-0.4, -0.2) is 30.4 Å². The second kappa shape index (κ2) is 7.98. The van der Waals surface area contributed by atoms with E-state index in [-0.39, 0.29) is 36.1 Å². The Balaban J connectivity index is 1.66. The van der Waals surface area contributed by atoms with Crippen molar-refractivity contribution in [2.24, 2.45) is 11.8 Å². The molecule has 1 aromatic carbocycles. The minimum Gasteiger partial charge on any atom is -0.406 e. The number of carbonyl (C=O) groups is 2. The van der Waals surface area contributed by atoms with Gasteiger partial charge in [0, 0.05) is 0 Å². The van der Waals surface area contributed by atoms with Gasteiger partial charge in [0.25, 0.3) is 0 Å². The van der Waals surface area contributed by atoms with Crippen LogP contribution < -0.4 is 20.7 Å². The molecular formula is C19H24F3N3O3. The summed E-state index contributed by atoms with van der Waals surface area (Å²) in [7, 11) is 0. The zero-order chi connectivity index (χ0) is 20.5. The van der Waals surface area contributed by atoms with Crippen LogP contribution in [0.1, 0.15) is 44.7 Å². The number of rotatable bonds is 6. The Morgan fingerprint density at radius 1 is 1.21 bits per heavy atom. The summed E-state index contributed by atoms with van der Waals surface area (Å²) >= 11 is 0. The van der Waals surface area contributed by atoms with Gasteiger partial charge < -0.3 is 15.4 Å². The van der Waals surface area contributed by atoms with E-state index in [1.165, 1.54) is 24.3 Å². The lowest BCUT2D eigenvalue weighted by molar-refractivity contribution is -0.274. The average molecular weight is 399 g/mol. The molecule has 3 atom stereocenters. The Morgan fingerprint density at radius 3 is 2.39 bits per heavy atom. The number of hydrogen-bond donors (Lipinski definition) is 3. The van der Waals surface area contributed by atoms with Gasteiger partial charge in [0.1, 0.15) is 5.75 Å². The molecule has 6 nitrogen and oxygen atoms in total. The molecule has 154 valence electrons. The van der Waals surface area contributed by atoms with E-state index in [4.69, 9.17) is 0 Å². The summed E-state index contributed by atoms with van der Waals surface area (Å²) in [5, 5.41) is 8.97. The first-order chi connectivity index (χ1) is 13.1. The van der Waals surface area contributed by atoms with Gasteiger partial charge in [0.15, 0.2) is 0 Å². The lowest BCUT2D eigenvalue weighted by Crippen LogP contribution is -2.61. The maximum absolute atomic E-state index is 12.7. The molecule has 0 spiro atoms. The number of alkyl halides is 3. The summed E-state index contributed by atoms with van der Waals surface area (Å²) in [5.74, 6) is -0.417. The highest BCUT2D eigenvalue weighted by molar-refractivity contribution is 5.89. The predicted molar refractivity (Wildman–Crippen MR) is 95.0 cm³/mol.